The second-order valence-corrected chi connectivity index (χ2v) is 4.88. The average Bonchev–Trinajstić information content (AvgIpc) is 2.13. The molecule has 2 N–H and O–H groups in total. The molecule has 3 heteroatoms. The van der Waals surface area contributed by atoms with Crippen LogP contribution in [0.5, 0.6) is 0 Å². The van der Waals surface area contributed by atoms with Gasteiger partial charge >= 0.3 is 0 Å². The topological polar surface area (TPSA) is 46.3 Å². The number of rotatable bonds is 5. The number of nitrogens with two attached hydrogens (primary N) is 1. The highest BCUT2D eigenvalue weighted by molar-refractivity contribution is 5.78. The molecule has 0 radical (unpaired) electrons. The van der Waals surface area contributed by atoms with Crippen molar-refractivity contribution in [3.63, 3.8) is 0 Å². The van der Waals surface area contributed by atoms with Crippen LogP contribution >= 0.6 is 0 Å². The van der Waals surface area contributed by atoms with E-state index < -0.39 is 0 Å². The highest BCUT2D eigenvalue weighted by Gasteiger charge is 2.23. The lowest BCUT2D eigenvalue weighted by Crippen LogP contribution is -2.43. The molecule has 0 saturated carbocycles. The molecule has 0 rings (SSSR count). The van der Waals surface area contributed by atoms with Gasteiger partial charge in [-0.1, -0.05) is 27.7 Å². The van der Waals surface area contributed by atoms with Crippen LogP contribution < -0.4 is 5.73 Å². The molecule has 0 aromatic rings. The maximum Gasteiger partial charge on any atom is 0.225 e. The van der Waals surface area contributed by atoms with Crippen molar-refractivity contribution in [1.29, 1.82) is 0 Å². The molecular formula is C11H24N2O. The van der Waals surface area contributed by atoms with Crippen molar-refractivity contribution in [2.75, 3.05) is 19.6 Å². The Balaban J connectivity index is 4.37. The third-order valence-electron chi connectivity index (χ3n) is 2.36. The molecule has 0 saturated heterocycles. The van der Waals surface area contributed by atoms with E-state index in [0.29, 0.717) is 6.54 Å². The first-order valence-electron chi connectivity index (χ1n) is 5.33. The number of carbonyl (C=O) groups is 1. The molecule has 3 nitrogen and oxygen atoms in total. The molecule has 0 aromatic heterocycles. The number of hydrogen-bond acceptors (Lipinski definition) is 2. The Morgan fingerprint density at radius 1 is 1.43 bits per heavy atom. The molecule has 0 atom stereocenters. The first-order valence-corrected chi connectivity index (χ1v) is 5.33. The van der Waals surface area contributed by atoms with Gasteiger partial charge < -0.3 is 10.6 Å². The van der Waals surface area contributed by atoms with Crippen LogP contribution in [0.25, 0.3) is 0 Å². The zero-order valence-corrected chi connectivity index (χ0v) is 10.1. The third kappa shape index (κ3) is 4.09. The van der Waals surface area contributed by atoms with Crippen molar-refractivity contribution in [3.05, 3.63) is 0 Å². The van der Waals surface area contributed by atoms with E-state index in [1.807, 2.05) is 25.7 Å². The number of amides is 1. The molecule has 14 heavy (non-hydrogen) atoms. The Morgan fingerprint density at radius 3 is 2.21 bits per heavy atom. The first-order chi connectivity index (χ1) is 6.34. The van der Waals surface area contributed by atoms with Gasteiger partial charge in [-0.3, -0.25) is 4.79 Å². The minimum absolute atomic E-state index is 0.0144. The summed E-state index contributed by atoms with van der Waals surface area (Å²) in [7, 11) is 0. The monoisotopic (exact) mass is 200 g/mol. The van der Waals surface area contributed by atoms with Crippen LogP contribution in [0.4, 0.5) is 0 Å². The molecule has 0 fully saturated rings. The number of hydrogen-bond donors (Lipinski definition) is 1. The molecule has 0 bridgehead atoms. The molecule has 0 aliphatic rings. The van der Waals surface area contributed by atoms with Gasteiger partial charge in [0.25, 0.3) is 0 Å². The van der Waals surface area contributed by atoms with Gasteiger partial charge in [-0.05, 0) is 18.9 Å². The summed E-state index contributed by atoms with van der Waals surface area (Å²) < 4.78 is 0. The Kier molecular flexibility index (Phi) is 5.13. The summed E-state index contributed by atoms with van der Waals surface area (Å²) in [5.74, 6) is 0.289. The van der Waals surface area contributed by atoms with Gasteiger partial charge in [-0.25, -0.2) is 0 Å². The molecule has 0 unspecified atom stereocenters. The van der Waals surface area contributed by atoms with Gasteiger partial charge in [-0.15, -0.1) is 0 Å². The highest BCUT2D eigenvalue weighted by atomic mass is 16.2. The van der Waals surface area contributed by atoms with Gasteiger partial charge in [0.1, 0.15) is 0 Å². The molecular weight excluding hydrogens is 176 g/mol. The van der Waals surface area contributed by atoms with Crippen LogP contribution in [0.1, 0.15) is 34.6 Å². The maximum atomic E-state index is 11.8. The van der Waals surface area contributed by atoms with E-state index in [0.717, 1.165) is 13.1 Å². The summed E-state index contributed by atoms with van der Waals surface area (Å²) in [5, 5.41) is 0. The molecule has 0 aliphatic carbocycles. The fourth-order valence-electron chi connectivity index (χ4n) is 1.29. The van der Waals surface area contributed by atoms with Crippen molar-refractivity contribution < 1.29 is 4.79 Å². The van der Waals surface area contributed by atoms with E-state index in [1.165, 1.54) is 0 Å². The lowest BCUT2D eigenvalue weighted by Gasteiger charge is -2.32. The van der Waals surface area contributed by atoms with Gasteiger partial charge in [0.2, 0.25) is 5.91 Å². The summed E-state index contributed by atoms with van der Waals surface area (Å²) in [4.78, 5) is 13.6. The molecule has 84 valence electrons. The molecule has 0 aromatic carbocycles. The minimum Gasteiger partial charge on any atom is -0.342 e. The second-order valence-electron chi connectivity index (χ2n) is 4.88. The number of carbonyl (C=O) groups excluding carboxylic acids is 1. The highest BCUT2D eigenvalue weighted by Crippen LogP contribution is 2.16. The predicted octanol–water partition coefficient (Wildman–Crippen LogP) is 1.48. The fraction of sp³-hybridized carbons (Fsp3) is 0.909. The zero-order valence-electron chi connectivity index (χ0n) is 10.1. The van der Waals surface area contributed by atoms with Crippen molar-refractivity contribution >= 4 is 5.91 Å². The van der Waals surface area contributed by atoms with Gasteiger partial charge in [0.05, 0.1) is 0 Å². The normalized spacial score (nSPS) is 11.9. The summed E-state index contributed by atoms with van der Waals surface area (Å²) in [6, 6.07) is 0. The molecule has 1 amide bonds. The van der Waals surface area contributed by atoms with E-state index in [9.17, 15) is 4.79 Å². The summed E-state index contributed by atoms with van der Waals surface area (Å²) in [6.07, 6.45) is 0. The standard InChI is InChI=1S/C11H24N2O/c1-6-13(10(14)9(2)3)8-11(4,5)7-12/h9H,6-8,12H2,1-5H3. The zero-order chi connectivity index (χ0) is 11.4. The smallest absolute Gasteiger partial charge is 0.225 e. The third-order valence-corrected chi connectivity index (χ3v) is 2.36. The quantitative estimate of drug-likeness (QED) is 0.730. The maximum absolute atomic E-state index is 11.8. The van der Waals surface area contributed by atoms with Crippen molar-refractivity contribution in [3.8, 4) is 0 Å². The van der Waals surface area contributed by atoms with Gasteiger partial charge in [0.15, 0.2) is 0 Å². The lowest BCUT2D eigenvalue weighted by atomic mass is 9.92. The SMILES string of the molecule is CCN(CC(C)(C)CN)C(=O)C(C)C. The van der Waals surface area contributed by atoms with Gasteiger partial charge in [0, 0.05) is 19.0 Å². The van der Waals surface area contributed by atoms with Crippen molar-refractivity contribution in [1.82, 2.24) is 4.90 Å². The second kappa shape index (κ2) is 5.35. The predicted molar refractivity (Wildman–Crippen MR) is 59.9 cm³/mol. The van der Waals surface area contributed by atoms with Crippen LogP contribution in [0.3, 0.4) is 0 Å². The van der Waals surface area contributed by atoms with E-state index in [-0.39, 0.29) is 17.2 Å². The Hall–Kier alpha value is -0.570. The average molecular weight is 200 g/mol. The molecule has 0 spiro atoms. The molecule has 0 heterocycles. The Labute approximate surface area is 87.6 Å². The number of nitrogens with zero attached hydrogens (tertiary/aromatic N) is 1. The summed E-state index contributed by atoms with van der Waals surface area (Å²) >= 11 is 0. The van der Waals surface area contributed by atoms with Crippen LogP contribution in [0.15, 0.2) is 0 Å². The summed E-state index contributed by atoms with van der Waals surface area (Å²) in [6.45, 7) is 12.2. The van der Waals surface area contributed by atoms with E-state index in [2.05, 4.69) is 13.8 Å². The lowest BCUT2D eigenvalue weighted by molar-refractivity contribution is -0.135. The van der Waals surface area contributed by atoms with Crippen molar-refractivity contribution in [2.24, 2.45) is 17.1 Å². The van der Waals surface area contributed by atoms with Crippen molar-refractivity contribution in [2.45, 2.75) is 34.6 Å². The van der Waals surface area contributed by atoms with E-state index >= 15 is 0 Å². The van der Waals surface area contributed by atoms with Gasteiger partial charge in [-0.2, -0.15) is 0 Å². The van der Waals surface area contributed by atoms with Crippen LogP contribution in [-0.2, 0) is 4.79 Å². The van der Waals surface area contributed by atoms with Crippen LogP contribution in [0, 0.1) is 11.3 Å². The van der Waals surface area contributed by atoms with Crippen LogP contribution in [-0.4, -0.2) is 30.4 Å². The van der Waals surface area contributed by atoms with E-state index in [4.69, 9.17) is 5.73 Å². The largest absolute Gasteiger partial charge is 0.342 e. The minimum atomic E-state index is 0.0144. The summed E-state index contributed by atoms with van der Waals surface area (Å²) in [5.41, 5.74) is 5.66. The van der Waals surface area contributed by atoms with E-state index in [1.54, 1.807) is 0 Å². The van der Waals surface area contributed by atoms with Crippen LogP contribution in [0.2, 0.25) is 0 Å². The molecule has 0 aliphatic heterocycles. The fourth-order valence-corrected chi connectivity index (χ4v) is 1.29. The first kappa shape index (κ1) is 13.4. The Morgan fingerprint density at radius 2 is 1.93 bits per heavy atom. The Bertz CT molecular complexity index is 188.